The molecule has 29 heavy (non-hydrogen) atoms. The lowest BCUT2D eigenvalue weighted by atomic mass is 10.1. The van der Waals surface area contributed by atoms with Crippen LogP contribution in [0.25, 0.3) is 0 Å². The summed E-state index contributed by atoms with van der Waals surface area (Å²) < 4.78 is 11.2. The maximum Gasteiger partial charge on any atom is 0.191 e. The highest BCUT2D eigenvalue weighted by molar-refractivity contribution is 5.79. The van der Waals surface area contributed by atoms with E-state index in [1.807, 2.05) is 51.1 Å². The molecule has 0 aliphatic rings. The number of aromatic nitrogens is 1. The van der Waals surface area contributed by atoms with Crippen molar-refractivity contribution < 1.29 is 14.4 Å². The van der Waals surface area contributed by atoms with Crippen LogP contribution in [0.1, 0.15) is 56.4 Å². The molecule has 0 aliphatic carbocycles. The zero-order valence-corrected chi connectivity index (χ0v) is 17.9. The second-order valence-corrected chi connectivity index (χ2v) is 6.85. The number of aliphatic hydroxyl groups is 1. The lowest BCUT2D eigenvalue weighted by Crippen LogP contribution is -2.42. The lowest BCUT2D eigenvalue weighted by molar-refractivity contribution is -0.000599. The maximum atomic E-state index is 10.3. The summed E-state index contributed by atoms with van der Waals surface area (Å²) in [5.41, 5.74) is 3.09. The average Bonchev–Trinajstić information content (AvgIpc) is 3.16. The first kappa shape index (κ1) is 22.9. The van der Waals surface area contributed by atoms with Crippen LogP contribution >= 0.6 is 0 Å². The van der Waals surface area contributed by atoms with Gasteiger partial charge in [-0.25, -0.2) is 4.99 Å². The first-order chi connectivity index (χ1) is 14.1. The number of aryl methyl sites for hydroxylation is 2. The van der Waals surface area contributed by atoms with Crippen molar-refractivity contribution in [3.8, 4) is 0 Å². The molecule has 0 aliphatic heterocycles. The summed E-state index contributed by atoms with van der Waals surface area (Å²) in [5, 5.41) is 20.8. The number of ether oxygens (including phenoxy) is 1. The van der Waals surface area contributed by atoms with E-state index in [9.17, 15) is 5.11 Å². The molecular weight excluding hydrogens is 368 g/mol. The minimum Gasteiger partial charge on any atom is -0.389 e. The number of rotatable bonds is 11. The second-order valence-electron chi connectivity index (χ2n) is 6.85. The zero-order valence-electron chi connectivity index (χ0n) is 17.9. The van der Waals surface area contributed by atoms with Crippen LogP contribution in [-0.4, -0.2) is 42.0 Å². The van der Waals surface area contributed by atoms with Gasteiger partial charge in [0, 0.05) is 25.1 Å². The molecule has 7 heteroatoms. The Morgan fingerprint density at radius 1 is 1.17 bits per heavy atom. The molecule has 0 saturated heterocycles. The van der Waals surface area contributed by atoms with Crippen molar-refractivity contribution in [1.29, 1.82) is 0 Å². The van der Waals surface area contributed by atoms with Crippen LogP contribution < -0.4 is 10.6 Å². The summed E-state index contributed by atoms with van der Waals surface area (Å²) in [4.78, 5) is 4.63. The molecule has 2 unspecified atom stereocenters. The van der Waals surface area contributed by atoms with E-state index < -0.39 is 6.10 Å². The van der Waals surface area contributed by atoms with Gasteiger partial charge >= 0.3 is 0 Å². The average molecular weight is 403 g/mol. The number of hydrogen-bond acceptors (Lipinski definition) is 5. The van der Waals surface area contributed by atoms with E-state index in [0.29, 0.717) is 19.0 Å². The maximum absolute atomic E-state index is 10.3. The molecule has 3 N–H and O–H groups in total. The Bertz CT molecular complexity index is 724. The number of nitrogens with zero attached hydrogens (tertiary/aromatic N) is 2. The van der Waals surface area contributed by atoms with Crippen molar-refractivity contribution in [2.24, 2.45) is 4.99 Å². The van der Waals surface area contributed by atoms with Gasteiger partial charge in [0.1, 0.15) is 5.76 Å². The number of benzene rings is 1. The SMILES string of the molecule is CCNC(=NCc1c(CC)noc1CC)NCC(O)COC(C)c1ccccc1. The Morgan fingerprint density at radius 2 is 1.93 bits per heavy atom. The highest BCUT2D eigenvalue weighted by atomic mass is 16.5. The molecule has 0 saturated carbocycles. The molecule has 0 bridgehead atoms. The van der Waals surface area contributed by atoms with Crippen LogP contribution in [0.4, 0.5) is 0 Å². The molecule has 160 valence electrons. The molecule has 0 fully saturated rings. The van der Waals surface area contributed by atoms with E-state index in [4.69, 9.17) is 9.26 Å². The fourth-order valence-electron chi connectivity index (χ4n) is 2.97. The normalized spacial score (nSPS) is 13.9. The second kappa shape index (κ2) is 12.2. The molecule has 2 aromatic rings. The summed E-state index contributed by atoms with van der Waals surface area (Å²) in [6.07, 6.45) is 0.894. The molecule has 1 aromatic heterocycles. The van der Waals surface area contributed by atoms with Crippen molar-refractivity contribution in [2.45, 2.75) is 59.3 Å². The van der Waals surface area contributed by atoms with Crippen LogP contribution in [-0.2, 0) is 24.1 Å². The van der Waals surface area contributed by atoms with E-state index in [1.54, 1.807) is 0 Å². The van der Waals surface area contributed by atoms with Gasteiger partial charge in [-0.2, -0.15) is 0 Å². The van der Waals surface area contributed by atoms with Gasteiger partial charge in [-0.05, 0) is 25.8 Å². The molecule has 2 atom stereocenters. The quantitative estimate of drug-likeness (QED) is 0.395. The molecule has 0 spiro atoms. The Labute approximate surface area is 173 Å². The largest absolute Gasteiger partial charge is 0.389 e. The number of hydrogen-bond donors (Lipinski definition) is 3. The van der Waals surface area contributed by atoms with Crippen molar-refractivity contribution >= 4 is 5.96 Å². The molecule has 1 heterocycles. The Hall–Kier alpha value is -2.38. The minimum atomic E-state index is -0.641. The standard InChI is InChI=1S/C22H34N4O3/c1-5-20-19(21(6-2)29-26-20)14-25-22(23-7-3)24-13-18(27)15-28-16(4)17-11-9-8-10-12-17/h8-12,16,18,27H,5-7,13-15H2,1-4H3,(H2,23,24,25). The van der Waals surface area contributed by atoms with Gasteiger partial charge in [0.25, 0.3) is 0 Å². The fraction of sp³-hybridized carbons (Fsp3) is 0.545. The van der Waals surface area contributed by atoms with Crippen LogP contribution in [0.15, 0.2) is 39.8 Å². The van der Waals surface area contributed by atoms with E-state index in [-0.39, 0.29) is 12.7 Å². The highest BCUT2D eigenvalue weighted by Crippen LogP contribution is 2.17. The van der Waals surface area contributed by atoms with Crippen LogP contribution in [0.5, 0.6) is 0 Å². The van der Waals surface area contributed by atoms with Gasteiger partial charge in [0.2, 0.25) is 0 Å². The highest BCUT2D eigenvalue weighted by Gasteiger charge is 2.14. The molecule has 1 aromatic carbocycles. The zero-order chi connectivity index (χ0) is 21.1. The topological polar surface area (TPSA) is 91.9 Å². The third-order valence-electron chi connectivity index (χ3n) is 4.66. The van der Waals surface area contributed by atoms with Crippen LogP contribution in [0.3, 0.4) is 0 Å². The van der Waals surface area contributed by atoms with Gasteiger partial charge in [-0.1, -0.05) is 49.3 Å². The number of aliphatic hydroxyl groups excluding tert-OH is 1. The van der Waals surface area contributed by atoms with Crippen molar-refractivity contribution in [3.05, 3.63) is 52.9 Å². The predicted octanol–water partition coefficient (Wildman–Crippen LogP) is 2.99. The number of nitrogens with one attached hydrogen (secondary N) is 2. The summed E-state index contributed by atoms with van der Waals surface area (Å²) in [6.45, 7) is 9.90. The molecule has 7 nitrogen and oxygen atoms in total. The summed E-state index contributed by atoms with van der Waals surface area (Å²) in [5.74, 6) is 1.53. The third-order valence-corrected chi connectivity index (χ3v) is 4.66. The fourth-order valence-corrected chi connectivity index (χ4v) is 2.97. The van der Waals surface area contributed by atoms with Gasteiger partial charge in [-0.15, -0.1) is 0 Å². The van der Waals surface area contributed by atoms with Crippen molar-refractivity contribution in [2.75, 3.05) is 19.7 Å². The summed E-state index contributed by atoms with van der Waals surface area (Å²) in [7, 11) is 0. The van der Waals surface area contributed by atoms with Crippen molar-refractivity contribution in [1.82, 2.24) is 15.8 Å². The van der Waals surface area contributed by atoms with Gasteiger partial charge in [0.05, 0.1) is 31.1 Å². The molecule has 2 rings (SSSR count). The monoisotopic (exact) mass is 402 g/mol. The number of guanidine groups is 1. The summed E-state index contributed by atoms with van der Waals surface area (Å²) >= 11 is 0. The first-order valence-corrected chi connectivity index (χ1v) is 10.4. The van der Waals surface area contributed by atoms with Gasteiger partial charge in [0.15, 0.2) is 5.96 Å². The molecular formula is C22H34N4O3. The van der Waals surface area contributed by atoms with Crippen molar-refractivity contribution in [3.63, 3.8) is 0 Å². The van der Waals surface area contributed by atoms with E-state index in [2.05, 4.69) is 27.7 Å². The third kappa shape index (κ3) is 7.18. The number of aliphatic imine (C=N–C) groups is 1. The van der Waals surface area contributed by atoms with Gasteiger partial charge < -0.3 is 25.0 Å². The Morgan fingerprint density at radius 3 is 2.59 bits per heavy atom. The Balaban J connectivity index is 1.86. The molecule has 0 radical (unpaired) electrons. The minimum absolute atomic E-state index is 0.0683. The van der Waals surface area contributed by atoms with Gasteiger partial charge in [-0.3, -0.25) is 0 Å². The van der Waals surface area contributed by atoms with E-state index in [0.717, 1.165) is 42.0 Å². The van der Waals surface area contributed by atoms with E-state index >= 15 is 0 Å². The van der Waals surface area contributed by atoms with E-state index in [1.165, 1.54) is 0 Å². The van der Waals surface area contributed by atoms with Crippen LogP contribution in [0, 0.1) is 0 Å². The summed E-state index contributed by atoms with van der Waals surface area (Å²) in [6, 6.07) is 9.98. The lowest BCUT2D eigenvalue weighted by Gasteiger charge is -2.18. The first-order valence-electron chi connectivity index (χ1n) is 10.4. The van der Waals surface area contributed by atoms with Crippen LogP contribution in [0.2, 0.25) is 0 Å². The molecule has 0 amide bonds. The smallest absolute Gasteiger partial charge is 0.191 e. The predicted molar refractivity (Wildman–Crippen MR) is 115 cm³/mol. The Kier molecular flexibility index (Phi) is 9.67.